The fourth-order valence-electron chi connectivity index (χ4n) is 1.77. The molecule has 1 rings (SSSR count). The lowest BCUT2D eigenvalue weighted by molar-refractivity contribution is -0.149. The summed E-state index contributed by atoms with van der Waals surface area (Å²) in [5, 5.41) is 0. The van der Waals surface area contributed by atoms with E-state index in [9.17, 15) is 4.79 Å². The summed E-state index contributed by atoms with van der Waals surface area (Å²) in [7, 11) is 2.96. The van der Waals surface area contributed by atoms with E-state index in [1.807, 2.05) is 25.1 Å². The second-order valence-corrected chi connectivity index (χ2v) is 4.43. The molecule has 0 spiro atoms. The van der Waals surface area contributed by atoms with Gasteiger partial charge in [0.1, 0.15) is 0 Å². The summed E-state index contributed by atoms with van der Waals surface area (Å²) in [4.78, 5) is 11.7. The summed E-state index contributed by atoms with van der Waals surface area (Å²) in [5.41, 5.74) is 1.08. The van der Waals surface area contributed by atoms with Gasteiger partial charge in [-0.3, -0.25) is 0 Å². The Labute approximate surface area is 114 Å². The molecule has 1 aromatic rings. The smallest absolute Gasteiger partial charge is 0.347 e. The summed E-state index contributed by atoms with van der Waals surface area (Å²) in [6.07, 6.45) is 1.97. The fourth-order valence-corrected chi connectivity index (χ4v) is 1.77. The zero-order chi connectivity index (χ0) is 14.3. The van der Waals surface area contributed by atoms with E-state index in [-0.39, 0.29) is 5.97 Å². The monoisotopic (exact) mass is 266 g/mol. The molecule has 0 saturated heterocycles. The highest BCUT2D eigenvalue weighted by Gasteiger charge is 2.22. The van der Waals surface area contributed by atoms with Crippen molar-refractivity contribution >= 4 is 5.97 Å². The van der Waals surface area contributed by atoms with Crippen LogP contribution in [0.2, 0.25) is 0 Å². The predicted octanol–water partition coefficient (Wildman–Crippen LogP) is 3.11. The van der Waals surface area contributed by atoms with E-state index in [2.05, 4.69) is 6.92 Å². The zero-order valence-corrected chi connectivity index (χ0v) is 12.1. The first kappa shape index (κ1) is 15.3. The molecule has 19 heavy (non-hydrogen) atoms. The molecular weight excluding hydrogens is 244 g/mol. The van der Waals surface area contributed by atoms with Gasteiger partial charge in [0, 0.05) is 0 Å². The minimum absolute atomic E-state index is 0.351. The number of esters is 1. The number of carbonyl (C=O) groups is 1. The van der Waals surface area contributed by atoms with Crippen molar-refractivity contribution in [3.8, 4) is 11.5 Å². The average Bonchev–Trinajstić information content (AvgIpc) is 2.43. The van der Waals surface area contributed by atoms with E-state index < -0.39 is 6.10 Å². The van der Waals surface area contributed by atoms with Crippen molar-refractivity contribution in [1.82, 2.24) is 0 Å². The Morgan fingerprint density at radius 1 is 1.26 bits per heavy atom. The van der Waals surface area contributed by atoms with Crippen LogP contribution in [0.1, 0.15) is 31.7 Å². The minimum atomic E-state index is -0.582. The van der Waals surface area contributed by atoms with Gasteiger partial charge in [-0.15, -0.1) is 0 Å². The van der Waals surface area contributed by atoms with Gasteiger partial charge in [-0.25, -0.2) is 4.79 Å². The number of hydrogen-bond donors (Lipinski definition) is 0. The minimum Gasteiger partial charge on any atom is -0.493 e. The van der Waals surface area contributed by atoms with Crippen LogP contribution in [0, 0.1) is 6.92 Å². The molecule has 4 nitrogen and oxygen atoms in total. The topological polar surface area (TPSA) is 44.8 Å². The largest absolute Gasteiger partial charge is 0.493 e. The van der Waals surface area contributed by atoms with Crippen LogP contribution in [0.25, 0.3) is 0 Å². The van der Waals surface area contributed by atoms with Crippen molar-refractivity contribution in [1.29, 1.82) is 0 Å². The van der Waals surface area contributed by atoms with E-state index in [4.69, 9.17) is 14.2 Å². The lowest BCUT2D eigenvalue weighted by Crippen LogP contribution is -2.28. The third kappa shape index (κ3) is 4.47. The molecule has 0 N–H and O–H groups in total. The van der Waals surface area contributed by atoms with Crippen LogP contribution in [0.3, 0.4) is 0 Å². The lowest BCUT2D eigenvalue weighted by atomic mass is 10.1. The summed E-state index contributed by atoms with van der Waals surface area (Å²) >= 11 is 0. The normalized spacial score (nSPS) is 11.8. The molecule has 0 amide bonds. The van der Waals surface area contributed by atoms with E-state index in [1.165, 1.54) is 7.11 Å². The zero-order valence-electron chi connectivity index (χ0n) is 12.1. The Balaban J connectivity index is 2.85. The maximum Gasteiger partial charge on any atom is 0.347 e. The highest BCUT2D eigenvalue weighted by molar-refractivity contribution is 5.75. The average molecular weight is 266 g/mol. The van der Waals surface area contributed by atoms with Crippen LogP contribution >= 0.6 is 0 Å². The van der Waals surface area contributed by atoms with Gasteiger partial charge in [-0.2, -0.15) is 0 Å². The predicted molar refractivity (Wildman–Crippen MR) is 73.7 cm³/mol. The molecule has 106 valence electrons. The number of unbranched alkanes of at least 4 members (excludes halogenated alkanes) is 1. The number of rotatable bonds is 7. The van der Waals surface area contributed by atoms with E-state index in [0.29, 0.717) is 17.9 Å². The van der Waals surface area contributed by atoms with Gasteiger partial charge in [0.15, 0.2) is 17.6 Å². The van der Waals surface area contributed by atoms with Crippen LogP contribution in [0.4, 0.5) is 0 Å². The SMILES string of the molecule is CCCCC(Oc1ccc(C)cc1OC)C(=O)OC. The number of ether oxygens (including phenoxy) is 3. The molecule has 1 unspecified atom stereocenters. The van der Waals surface area contributed by atoms with E-state index in [1.54, 1.807) is 7.11 Å². The number of benzene rings is 1. The van der Waals surface area contributed by atoms with E-state index >= 15 is 0 Å². The van der Waals surface area contributed by atoms with Crippen LogP contribution < -0.4 is 9.47 Å². The number of carbonyl (C=O) groups excluding carboxylic acids is 1. The van der Waals surface area contributed by atoms with Gasteiger partial charge < -0.3 is 14.2 Å². The molecule has 0 aliphatic rings. The second kappa shape index (κ2) is 7.67. The van der Waals surface area contributed by atoms with Crippen LogP contribution in [0.15, 0.2) is 18.2 Å². The van der Waals surface area contributed by atoms with E-state index in [0.717, 1.165) is 18.4 Å². The number of hydrogen-bond acceptors (Lipinski definition) is 4. The Morgan fingerprint density at radius 3 is 2.58 bits per heavy atom. The molecule has 0 radical (unpaired) electrons. The molecule has 0 heterocycles. The fraction of sp³-hybridized carbons (Fsp3) is 0.533. The summed E-state index contributed by atoms with van der Waals surface area (Å²) in [5.74, 6) is 0.848. The van der Waals surface area contributed by atoms with Gasteiger partial charge in [0.25, 0.3) is 0 Å². The standard InChI is InChI=1S/C15H22O4/c1-5-6-7-13(15(16)18-4)19-12-9-8-11(2)10-14(12)17-3/h8-10,13H,5-7H2,1-4H3. The molecule has 1 atom stereocenters. The van der Waals surface area contributed by atoms with Crippen molar-refractivity contribution in [3.63, 3.8) is 0 Å². The van der Waals surface area contributed by atoms with Gasteiger partial charge in [-0.05, 0) is 37.5 Å². The van der Waals surface area contributed by atoms with Gasteiger partial charge in [-0.1, -0.05) is 19.4 Å². The van der Waals surface area contributed by atoms with Gasteiger partial charge >= 0.3 is 5.97 Å². The van der Waals surface area contributed by atoms with Gasteiger partial charge in [0.2, 0.25) is 0 Å². The van der Waals surface area contributed by atoms with Crippen molar-refractivity contribution in [2.75, 3.05) is 14.2 Å². The van der Waals surface area contributed by atoms with Gasteiger partial charge in [0.05, 0.1) is 14.2 Å². The third-order valence-electron chi connectivity index (χ3n) is 2.87. The molecule has 0 aliphatic carbocycles. The Morgan fingerprint density at radius 2 is 2.00 bits per heavy atom. The van der Waals surface area contributed by atoms with Crippen molar-refractivity contribution < 1.29 is 19.0 Å². The first-order valence-corrected chi connectivity index (χ1v) is 6.51. The molecule has 1 aromatic carbocycles. The summed E-state index contributed by atoms with van der Waals surface area (Å²) < 4.78 is 15.8. The molecule has 0 aliphatic heterocycles. The third-order valence-corrected chi connectivity index (χ3v) is 2.87. The maximum absolute atomic E-state index is 11.7. The van der Waals surface area contributed by atoms with Crippen molar-refractivity contribution in [2.45, 2.75) is 39.2 Å². The molecule has 0 saturated carbocycles. The summed E-state index contributed by atoms with van der Waals surface area (Å²) in [6, 6.07) is 5.62. The number of aryl methyl sites for hydroxylation is 1. The molecule has 4 heteroatoms. The molecule has 0 aromatic heterocycles. The highest BCUT2D eigenvalue weighted by atomic mass is 16.6. The Bertz CT molecular complexity index is 415. The first-order chi connectivity index (χ1) is 9.12. The maximum atomic E-state index is 11.7. The second-order valence-electron chi connectivity index (χ2n) is 4.43. The van der Waals surface area contributed by atoms with Crippen LogP contribution in [-0.4, -0.2) is 26.3 Å². The lowest BCUT2D eigenvalue weighted by Gasteiger charge is -2.18. The van der Waals surface area contributed by atoms with Crippen LogP contribution in [0.5, 0.6) is 11.5 Å². The summed E-state index contributed by atoms with van der Waals surface area (Å²) in [6.45, 7) is 4.04. The highest BCUT2D eigenvalue weighted by Crippen LogP contribution is 2.29. The molecular formula is C15H22O4. The Kier molecular flexibility index (Phi) is 6.19. The quantitative estimate of drug-likeness (QED) is 0.711. The van der Waals surface area contributed by atoms with Crippen molar-refractivity contribution in [3.05, 3.63) is 23.8 Å². The Hall–Kier alpha value is -1.71. The molecule has 0 fully saturated rings. The molecule has 0 bridgehead atoms. The first-order valence-electron chi connectivity index (χ1n) is 6.51. The van der Waals surface area contributed by atoms with Crippen molar-refractivity contribution in [2.24, 2.45) is 0 Å². The number of methoxy groups -OCH3 is 2. The van der Waals surface area contributed by atoms with Crippen LogP contribution in [-0.2, 0) is 9.53 Å².